The summed E-state index contributed by atoms with van der Waals surface area (Å²) in [6.45, 7) is 4.03. The molecule has 190 valence electrons. The Bertz CT molecular complexity index is 1210. The number of hydrogen-bond acceptors (Lipinski definition) is 5. The fourth-order valence-electron chi connectivity index (χ4n) is 4.36. The van der Waals surface area contributed by atoms with Crippen molar-refractivity contribution >= 4 is 23.5 Å². The van der Waals surface area contributed by atoms with Gasteiger partial charge in [0.2, 0.25) is 0 Å². The molecular weight excluding hydrogens is 455 g/mol. The normalized spacial score (nSPS) is 15.4. The highest BCUT2D eigenvalue weighted by atomic mass is 19.1. The highest BCUT2D eigenvalue weighted by molar-refractivity contribution is 6.13. The van der Waals surface area contributed by atoms with E-state index in [1.807, 2.05) is 38.1 Å². The number of carbonyl (C=O) groups excluding carboxylic acids is 2. The number of anilines is 1. The topological polar surface area (TPSA) is 78.7 Å². The molecule has 2 aromatic rings. The molecule has 0 bridgehead atoms. The Hall–Kier alpha value is -3.71. The lowest BCUT2D eigenvalue weighted by Gasteiger charge is -2.24. The number of amides is 1. The predicted molar refractivity (Wildman–Crippen MR) is 145 cm³/mol. The van der Waals surface area contributed by atoms with Crippen molar-refractivity contribution in [3.8, 4) is 11.1 Å². The zero-order chi connectivity index (χ0) is 26.2. The molecule has 0 aliphatic carbocycles. The van der Waals surface area contributed by atoms with Crippen LogP contribution >= 0.6 is 0 Å². The second-order valence-electron chi connectivity index (χ2n) is 9.14. The number of nitrogens with two attached hydrogens (primary N) is 1. The van der Waals surface area contributed by atoms with Crippen LogP contribution in [0, 0.1) is 5.82 Å². The Morgan fingerprint density at radius 1 is 1.22 bits per heavy atom. The largest absolute Gasteiger partial charge is 0.398 e. The Labute approximate surface area is 213 Å². The van der Waals surface area contributed by atoms with Crippen molar-refractivity contribution in [1.29, 1.82) is 0 Å². The van der Waals surface area contributed by atoms with Crippen LogP contribution in [0.25, 0.3) is 16.7 Å². The molecule has 1 amide bonds. The summed E-state index contributed by atoms with van der Waals surface area (Å²) >= 11 is 0. The summed E-state index contributed by atoms with van der Waals surface area (Å²) in [4.78, 5) is 29.7. The van der Waals surface area contributed by atoms with Gasteiger partial charge in [0.1, 0.15) is 5.82 Å². The highest BCUT2D eigenvalue weighted by Crippen LogP contribution is 2.34. The van der Waals surface area contributed by atoms with Gasteiger partial charge in [0.15, 0.2) is 6.29 Å². The summed E-state index contributed by atoms with van der Waals surface area (Å²) < 4.78 is 14.0. The van der Waals surface area contributed by atoms with Crippen LogP contribution in [0.4, 0.5) is 10.1 Å². The molecular formula is C29H35FN4O2. The lowest BCUT2D eigenvalue weighted by Crippen LogP contribution is -2.37. The van der Waals surface area contributed by atoms with Gasteiger partial charge in [0.25, 0.3) is 5.91 Å². The average molecular weight is 491 g/mol. The molecule has 0 spiro atoms. The quantitative estimate of drug-likeness (QED) is 0.238. The molecule has 0 unspecified atom stereocenters. The van der Waals surface area contributed by atoms with Crippen LogP contribution in [0.5, 0.6) is 0 Å². The van der Waals surface area contributed by atoms with Gasteiger partial charge in [-0.2, -0.15) is 0 Å². The first kappa shape index (κ1) is 26.9. The van der Waals surface area contributed by atoms with Gasteiger partial charge < -0.3 is 20.9 Å². The van der Waals surface area contributed by atoms with E-state index in [1.165, 1.54) is 12.1 Å². The van der Waals surface area contributed by atoms with Gasteiger partial charge in [-0.05, 0) is 74.8 Å². The molecule has 0 aromatic heterocycles. The molecule has 36 heavy (non-hydrogen) atoms. The minimum Gasteiger partial charge on any atom is -0.398 e. The van der Waals surface area contributed by atoms with E-state index in [0.717, 1.165) is 31.2 Å². The van der Waals surface area contributed by atoms with Crippen LogP contribution in [0.3, 0.4) is 0 Å². The maximum absolute atomic E-state index is 14.0. The molecule has 0 radical (unpaired) electrons. The summed E-state index contributed by atoms with van der Waals surface area (Å²) in [6.07, 6.45) is 6.13. The number of nitrogens with zero attached hydrogens (tertiary/aromatic N) is 2. The molecule has 1 heterocycles. The molecule has 3 N–H and O–H groups in total. The van der Waals surface area contributed by atoms with Crippen molar-refractivity contribution in [1.82, 2.24) is 15.1 Å². The molecule has 1 aliphatic heterocycles. The van der Waals surface area contributed by atoms with E-state index < -0.39 is 0 Å². The summed E-state index contributed by atoms with van der Waals surface area (Å²) in [6, 6.07) is 11.5. The molecule has 0 fully saturated rings. The second-order valence-corrected chi connectivity index (χ2v) is 9.14. The maximum Gasteiger partial charge on any atom is 0.253 e. The lowest BCUT2D eigenvalue weighted by molar-refractivity contribution is -0.126. The first-order valence-electron chi connectivity index (χ1n) is 12.1. The number of hydrogen-bond donors (Lipinski definition) is 2. The Balaban J connectivity index is 2.08. The van der Waals surface area contributed by atoms with Crippen molar-refractivity contribution in [2.45, 2.75) is 19.8 Å². The number of aldehydes is 1. The number of nitrogen functional groups attached to an aromatic ring is 1. The van der Waals surface area contributed by atoms with E-state index in [-0.39, 0.29) is 11.7 Å². The molecule has 0 atom stereocenters. The molecule has 0 saturated carbocycles. The highest BCUT2D eigenvalue weighted by Gasteiger charge is 2.23. The number of allylic oxidation sites excluding steroid dienone is 3. The number of nitrogens with one attached hydrogen (secondary N) is 1. The zero-order valence-electron chi connectivity index (χ0n) is 21.5. The van der Waals surface area contributed by atoms with E-state index in [9.17, 15) is 14.0 Å². The third-order valence-electron chi connectivity index (χ3n) is 6.34. The lowest BCUT2D eigenvalue weighted by atomic mass is 9.92. The number of likely N-dealkylation sites (N-methyl/N-ethyl adjacent to an activating group) is 2. The molecule has 0 saturated heterocycles. The monoisotopic (exact) mass is 490 g/mol. The molecule has 7 heteroatoms. The first-order valence-corrected chi connectivity index (χ1v) is 12.1. The molecule has 3 rings (SSSR count). The van der Waals surface area contributed by atoms with Crippen molar-refractivity contribution in [3.63, 3.8) is 0 Å². The fourth-order valence-corrected chi connectivity index (χ4v) is 4.36. The molecule has 2 aromatic carbocycles. The summed E-state index contributed by atoms with van der Waals surface area (Å²) in [7, 11) is 5.73. The predicted octanol–water partition coefficient (Wildman–Crippen LogP) is 4.26. The minimum absolute atomic E-state index is 0.0136. The Kier molecular flexibility index (Phi) is 9.19. The first-order chi connectivity index (χ1) is 17.3. The van der Waals surface area contributed by atoms with Crippen LogP contribution in [-0.2, 0) is 9.59 Å². The van der Waals surface area contributed by atoms with E-state index in [2.05, 4.69) is 10.2 Å². The van der Waals surface area contributed by atoms with Gasteiger partial charge in [-0.1, -0.05) is 30.3 Å². The van der Waals surface area contributed by atoms with E-state index in [4.69, 9.17) is 5.73 Å². The van der Waals surface area contributed by atoms with Crippen molar-refractivity contribution in [2.75, 3.05) is 46.5 Å². The van der Waals surface area contributed by atoms with Crippen molar-refractivity contribution in [2.24, 2.45) is 0 Å². The SMILES string of the molecule is CNC(/C=C(\C=O)c1c(N)cccc1-c1cccc(F)c1)=C(/C)C1=CCCCN(CCN(C)C)C1=O. The zero-order valence-corrected chi connectivity index (χ0v) is 21.5. The third-order valence-corrected chi connectivity index (χ3v) is 6.34. The van der Waals surface area contributed by atoms with Crippen molar-refractivity contribution in [3.05, 3.63) is 82.8 Å². The standard InChI is InChI=1S/C29H35FN4O2/c1-20(24-11-5-6-14-34(29(24)36)16-15-33(3)4)27(32-2)18-22(19-35)28-25(12-8-13-26(28)31)21-9-7-10-23(30)17-21/h7-13,17-19,32H,5-6,14-16,31H2,1-4H3/b22-18+,27-20-. The van der Waals surface area contributed by atoms with E-state index >= 15 is 0 Å². The number of benzene rings is 2. The average Bonchev–Trinajstić information content (AvgIpc) is 3.04. The Morgan fingerprint density at radius 3 is 2.64 bits per heavy atom. The fraction of sp³-hybridized carbons (Fsp3) is 0.310. The van der Waals surface area contributed by atoms with E-state index in [1.54, 1.807) is 37.4 Å². The second kappa shape index (κ2) is 12.3. The number of halogens is 1. The van der Waals surface area contributed by atoms with Crippen molar-refractivity contribution < 1.29 is 14.0 Å². The van der Waals surface area contributed by atoms with Gasteiger partial charge in [-0.15, -0.1) is 0 Å². The molecule has 6 nitrogen and oxygen atoms in total. The number of rotatable bonds is 9. The van der Waals surface area contributed by atoms with Crippen LogP contribution < -0.4 is 11.1 Å². The van der Waals surface area contributed by atoms with Gasteiger partial charge in [-0.25, -0.2) is 4.39 Å². The summed E-state index contributed by atoms with van der Waals surface area (Å²) in [5.41, 5.74) is 10.9. The van der Waals surface area contributed by atoms with Gasteiger partial charge >= 0.3 is 0 Å². The summed E-state index contributed by atoms with van der Waals surface area (Å²) in [5.74, 6) is -0.387. The van der Waals surface area contributed by atoms with E-state index in [0.29, 0.717) is 52.3 Å². The van der Waals surface area contributed by atoms with Gasteiger partial charge in [-0.3, -0.25) is 9.59 Å². The maximum atomic E-state index is 14.0. The van der Waals surface area contributed by atoms with Gasteiger partial charge in [0, 0.05) is 54.8 Å². The van der Waals surface area contributed by atoms with Crippen LogP contribution in [-0.4, -0.2) is 62.8 Å². The third kappa shape index (κ3) is 6.29. The van der Waals surface area contributed by atoms with Crippen LogP contribution in [0.1, 0.15) is 25.3 Å². The minimum atomic E-state index is -0.373. The van der Waals surface area contributed by atoms with Crippen LogP contribution in [0.2, 0.25) is 0 Å². The Morgan fingerprint density at radius 2 is 1.97 bits per heavy atom. The molecule has 1 aliphatic rings. The number of carbonyl (C=O) groups is 2. The van der Waals surface area contributed by atoms with Gasteiger partial charge in [0.05, 0.1) is 0 Å². The van der Waals surface area contributed by atoms with Crippen LogP contribution in [0.15, 0.2) is 71.5 Å². The summed E-state index contributed by atoms with van der Waals surface area (Å²) in [5, 5.41) is 3.15. The smallest absolute Gasteiger partial charge is 0.253 e.